The molecule has 0 radical (unpaired) electrons. The predicted molar refractivity (Wildman–Crippen MR) is 86.3 cm³/mol. The first-order valence-corrected chi connectivity index (χ1v) is 7.01. The Kier molecular flexibility index (Phi) is 3.57. The Morgan fingerprint density at radius 3 is 2.43 bits per heavy atom. The zero-order valence-electron chi connectivity index (χ0n) is 11.2. The lowest BCUT2D eigenvalue weighted by atomic mass is 10.0. The summed E-state index contributed by atoms with van der Waals surface area (Å²) in [6.45, 7) is 0. The number of nitrogens with two attached hydrogens (primary N) is 1. The lowest BCUT2D eigenvalue weighted by Gasteiger charge is -2.05. The minimum atomic E-state index is 0.555. The molecule has 1 aromatic carbocycles. The van der Waals surface area contributed by atoms with Gasteiger partial charge in [0.25, 0.3) is 0 Å². The zero-order valence-corrected chi connectivity index (χ0v) is 12.7. The number of pyridine rings is 1. The van der Waals surface area contributed by atoms with E-state index in [1.54, 1.807) is 30.2 Å². The molecule has 4 nitrogen and oxygen atoms in total. The molecule has 0 bridgehead atoms. The van der Waals surface area contributed by atoms with Crippen LogP contribution in [0.2, 0.25) is 10.0 Å². The smallest absolute Gasteiger partial charge is 0.129 e. The Morgan fingerprint density at radius 1 is 1.10 bits per heavy atom. The average molecular weight is 319 g/mol. The van der Waals surface area contributed by atoms with Crippen LogP contribution in [0.1, 0.15) is 0 Å². The third kappa shape index (κ3) is 2.60. The molecule has 106 valence electrons. The van der Waals surface area contributed by atoms with Gasteiger partial charge in [-0.3, -0.25) is 9.67 Å². The summed E-state index contributed by atoms with van der Waals surface area (Å²) in [7, 11) is 1.80. The van der Waals surface area contributed by atoms with Crippen LogP contribution in [0.3, 0.4) is 0 Å². The highest BCUT2D eigenvalue weighted by Gasteiger charge is 2.18. The van der Waals surface area contributed by atoms with E-state index in [-0.39, 0.29) is 0 Å². The van der Waals surface area contributed by atoms with Crippen molar-refractivity contribution in [2.45, 2.75) is 0 Å². The fourth-order valence-corrected chi connectivity index (χ4v) is 2.75. The third-order valence-corrected chi connectivity index (χ3v) is 3.61. The second kappa shape index (κ2) is 5.39. The molecule has 3 rings (SSSR count). The van der Waals surface area contributed by atoms with E-state index in [4.69, 9.17) is 28.9 Å². The molecule has 0 unspecified atom stereocenters. The molecule has 3 aromatic rings. The molecule has 0 saturated carbocycles. The van der Waals surface area contributed by atoms with Gasteiger partial charge in [0, 0.05) is 40.6 Å². The van der Waals surface area contributed by atoms with Crippen LogP contribution in [-0.4, -0.2) is 14.8 Å². The molecule has 6 heteroatoms. The summed E-state index contributed by atoms with van der Waals surface area (Å²) in [6.07, 6.45) is 3.47. The standard InChI is InChI=1S/C15H12Cl2N4/c1-21-15(18)13(9-3-2-4-19-8-9)14(20-21)10-5-11(16)7-12(17)6-10/h2-8H,18H2,1H3. The minimum absolute atomic E-state index is 0.555. The summed E-state index contributed by atoms with van der Waals surface area (Å²) < 4.78 is 1.63. The van der Waals surface area contributed by atoms with Gasteiger partial charge in [0.05, 0.1) is 5.56 Å². The van der Waals surface area contributed by atoms with Crippen molar-refractivity contribution in [1.82, 2.24) is 14.8 Å². The maximum Gasteiger partial charge on any atom is 0.129 e. The van der Waals surface area contributed by atoms with Crippen molar-refractivity contribution in [2.75, 3.05) is 5.73 Å². The minimum Gasteiger partial charge on any atom is -0.383 e. The lowest BCUT2D eigenvalue weighted by Crippen LogP contribution is -1.98. The molecule has 0 atom stereocenters. The molecule has 0 aliphatic heterocycles. The molecular formula is C15H12Cl2N4. The van der Waals surface area contributed by atoms with E-state index < -0.39 is 0 Å². The van der Waals surface area contributed by atoms with Gasteiger partial charge in [-0.25, -0.2) is 0 Å². The van der Waals surface area contributed by atoms with Crippen molar-refractivity contribution >= 4 is 29.0 Å². The van der Waals surface area contributed by atoms with E-state index in [1.165, 1.54) is 0 Å². The Labute approximate surface area is 132 Å². The van der Waals surface area contributed by atoms with Gasteiger partial charge in [0.15, 0.2) is 0 Å². The van der Waals surface area contributed by atoms with Crippen LogP contribution < -0.4 is 5.73 Å². The normalized spacial score (nSPS) is 10.8. The lowest BCUT2D eigenvalue weighted by molar-refractivity contribution is 0.782. The van der Waals surface area contributed by atoms with E-state index in [0.29, 0.717) is 15.9 Å². The summed E-state index contributed by atoms with van der Waals surface area (Å²) in [5, 5.41) is 5.59. The molecule has 0 fully saturated rings. The van der Waals surface area contributed by atoms with E-state index in [0.717, 1.165) is 22.4 Å². The summed E-state index contributed by atoms with van der Waals surface area (Å²) in [6, 6.07) is 9.11. The Bertz CT molecular complexity index is 777. The number of hydrogen-bond acceptors (Lipinski definition) is 3. The zero-order chi connectivity index (χ0) is 15.0. The van der Waals surface area contributed by atoms with E-state index >= 15 is 0 Å². The van der Waals surface area contributed by atoms with Crippen molar-refractivity contribution in [3.63, 3.8) is 0 Å². The second-order valence-corrected chi connectivity index (χ2v) is 5.51. The van der Waals surface area contributed by atoms with Gasteiger partial charge in [-0.2, -0.15) is 5.10 Å². The number of rotatable bonds is 2. The largest absolute Gasteiger partial charge is 0.383 e. The average Bonchev–Trinajstić information content (AvgIpc) is 2.75. The molecule has 0 amide bonds. The topological polar surface area (TPSA) is 56.7 Å². The van der Waals surface area contributed by atoms with Crippen LogP contribution in [0, 0.1) is 0 Å². The quantitative estimate of drug-likeness (QED) is 0.775. The van der Waals surface area contributed by atoms with E-state index in [2.05, 4.69) is 10.1 Å². The summed E-state index contributed by atoms with van der Waals surface area (Å²) in [5.74, 6) is 0.564. The SMILES string of the molecule is Cn1nc(-c2cc(Cl)cc(Cl)c2)c(-c2cccnc2)c1N. The van der Waals surface area contributed by atoms with E-state index in [9.17, 15) is 0 Å². The van der Waals surface area contributed by atoms with Crippen molar-refractivity contribution < 1.29 is 0 Å². The van der Waals surface area contributed by atoms with Crippen molar-refractivity contribution in [3.8, 4) is 22.4 Å². The molecule has 2 aromatic heterocycles. The Hall–Kier alpha value is -2.04. The molecular weight excluding hydrogens is 307 g/mol. The fraction of sp³-hybridized carbons (Fsp3) is 0.0667. The Morgan fingerprint density at radius 2 is 1.81 bits per heavy atom. The molecule has 2 heterocycles. The van der Waals surface area contributed by atoms with Crippen molar-refractivity contribution in [3.05, 3.63) is 52.8 Å². The molecule has 2 N–H and O–H groups in total. The number of nitrogens with zero attached hydrogens (tertiary/aromatic N) is 3. The molecule has 21 heavy (non-hydrogen) atoms. The van der Waals surface area contributed by atoms with Crippen LogP contribution in [-0.2, 0) is 7.05 Å². The van der Waals surface area contributed by atoms with Gasteiger partial charge in [-0.05, 0) is 24.3 Å². The number of anilines is 1. The first-order valence-electron chi connectivity index (χ1n) is 6.25. The van der Waals surface area contributed by atoms with Gasteiger partial charge < -0.3 is 5.73 Å². The first kappa shape index (κ1) is 13.9. The molecule has 0 aliphatic carbocycles. The summed E-state index contributed by atoms with van der Waals surface area (Å²) in [4.78, 5) is 4.14. The van der Waals surface area contributed by atoms with Gasteiger partial charge in [-0.15, -0.1) is 0 Å². The summed E-state index contributed by atoms with van der Waals surface area (Å²) in [5.41, 5.74) is 9.42. The van der Waals surface area contributed by atoms with Crippen LogP contribution >= 0.6 is 23.2 Å². The van der Waals surface area contributed by atoms with Gasteiger partial charge >= 0.3 is 0 Å². The maximum absolute atomic E-state index is 6.16. The molecule has 0 saturated heterocycles. The van der Waals surface area contributed by atoms with Crippen LogP contribution in [0.4, 0.5) is 5.82 Å². The number of aromatic nitrogens is 3. The van der Waals surface area contributed by atoms with E-state index in [1.807, 2.05) is 24.3 Å². The highest BCUT2D eigenvalue weighted by atomic mass is 35.5. The monoisotopic (exact) mass is 318 g/mol. The number of hydrogen-bond donors (Lipinski definition) is 1. The van der Waals surface area contributed by atoms with Gasteiger partial charge in [-0.1, -0.05) is 29.3 Å². The predicted octanol–water partition coefficient (Wildman–Crippen LogP) is 4.04. The number of halogens is 2. The Balaban J connectivity index is 2.26. The highest BCUT2D eigenvalue weighted by molar-refractivity contribution is 6.35. The van der Waals surface area contributed by atoms with Gasteiger partial charge in [0.1, 0.15) is 11.5 Å². The number of aryl methyl sites for hydroxylation is 1. The molecule has 0 aliphatic rings. The van der Waals surface area contributed by atoms with Crippen LogP contribution in [0.5, 0.6) is 0 Å². The molecule has 0 spiro atoms. The highest BCUT2D eigenvalue weighted by Crippen LogP contribution is 2.37. The van der Waals surface area contributed by atoms with Crippen LogP contribution in [0.15, 0.2) is 42.7 Å². The fourth-order valence-electron chi connectivity index (χ4n) is 2.22. The van der Waals surface area contributed by atoms with Crippen molar-refractivity contribution in [2.24, 2.45) is 7.05 Å². The first-order chi connectivity index (χ1) is 10.1. The van der Waals surface area contributed by atoms with Gasteiger partial charge in [0.2, 0.25) is 0 Å². The number of benzene rings is 1. The third-order valence-electron chi connectivity index (χ3n) is 3.18. The van der Waals surface area contributed by atoms with Crippen LogP contribution in [0.25, 0.3) is 22.4 Å². The number of nitrogen functional groups attached to an aromatic ring is 1. The van der Waals surface area contributed by atoms with Crippen molar-refractivity contribution in [1.29, 1.82) is 0 Å². The second-order valence-electron chi connectivity index (χ2n) is 4.63. The summed E-state index contributed by atoms with van der Waals surface area (Å²) >= 11 is 12.2. The maximum atomic E-state index is 6.16.